The standard InChI is InChI=1S/C22H24F2N2O3/c1-14(21(27)25-19-9-11-28-20-5-3-2-4-18(19)20)26-10-8-15-6-7-17(29-22(23)24)12-16(15)13-26/h2-7,12,14,19,22H,8-11,13H2,1H3,(H,25,27)/t14-,19+/m0/s1. The molecule has 154 valence electrons. The van der Waals surface area contributed by atoms with Gasteiger partial charge in [-0.25, -0.2) is 0 Å². The summed E-state index contributed by atoms with van der Waals surface area (Å²) < 4.78 is 35.2. The van der Waals surface area contributed by atoms with Gasteiger partial charge in [0.2, 0.25) is 5.91 Å². The Kier molecular flexibility index (Phi) is 5.67. The van der Waals surface area contributed by atoms with Crippen molar-refractivity contribution >= 4 is 5.91 Å². The topological polar surface area (TPSA) is 50.8 Å². The van der Waals surface area contributed by atoms with Crippen LogP contribution in [-0.2, 0) is 17.8 Å². The fourth-order valence-corrected chi connectivity index (χ4v) is 4.01. The highest BCUT2D eigenvalue weighted by molar-refractivity contribution is 5.82. The number of hydrogen-bond donors (Lipinski definition) is 1. The lowest BCUT2D eigenvalue weighted by atomic mass is 9.97. The number of halogens is 2. The van der Waals surface area contributed by atoms with E-state index < -0.39 is 6.61 Å². The van der Waals surface area contributed by atoms with Crippen LogP contribution in [0.2, 0.25) is 0 Å². The third-order valence-electron chi connectivity index (χ3n) is 5.65. The molecule has 0 unspecified atom stereocenters. The highest BCUT2D eigenvalue weighted by Crippen LogP contribution is 2.32. The minimum absolute atomic E-state index is 0.0462. The number of hydrogen-bond acceptors (Lipinski definition) is 4. The first-order valence-corrected chi connectivity index (χ1v) is 9.84. The predicted octanol–water partition coefficient (Wildman–Crippen LogP) is 3.67. The second kappa shape index (κ2) is 8.37. The Bertz CT molecular complexity index is 890. The fourth-order valence-electron chi connectivity index (χ4n) is 4.01. The molecule has 0 radical (unpaired) electrons. The molecule has 4 rings (SSSR count). The number of para-hydroxylation sites is 1. The molecule has 0 spiro atoms. The normalized spacial score (nSPS) is 19.7. The zero-order valence-corrected chi connectivity index (χ0v) is 16.2. The van der Waals surface area contributed by atoms with Gasteiger partial charge >= 0.3 is 6.61 Å². The molecule has 0 aliphatic carbocycles. The van der Waals surface area contributed by atoms with Gasteiger partial charge in [-0.15, -0.1) is 0 Å². The average molecular weight is 402 g/mol. The van der Waals surface area contributed by atoms with Gasteiger partial charge in [-0.05, 0) is 42.7 Å². The largest absolute Gasteiger partial charge is 0.493 e. The number of carbonyl (C=O) groups is 1. The van der Waals surface area contributed by atoms with Gasteiger partial charge in [0.25, 0.3) is 0 Å². The maximum absolute atomic E-state index is 12.9. The molecule has 2 aliphatic rings. The molecular formula is C22H24F2N2O3. The molecule has 0 aromatic heterocycles. The number of nitrogens with one attached hydrogen (secondary N) is 1. The van der Waals surface area contributed by atoms with Crippen molar-refractivity contribution in [2.45, 2.75) is 45.0 Å². The molecular weight excluding hydrogens is 378 g/mol. The number of ether oxygens (including phenoxy) is 2. The highest BCUT2D eigenvalue weighted by atomic mass is 19.3. The van der Waals surface area contributed by atoms with Crippen LogP contribution < -0.4 is 14.8 Å². The van der Waals surface area contributed by atoms with Crippen LogP contribution in [0, 0.1) is 0 Å². The second-order valence-corrected chi connectivity index (χ2v) is 7.44. The molecule has 0 saturated carbocycles. The zero-order valence-electron chi connectivity index (χ0n) is 16.2. The van der Waals surface area contributed by atoms with Crippen LogP contribution in [0.1, 0.15) is 36.1 Å². The molecule has 0 saturated heterocycles. The minimum Gasteiger partial charge on any atom is -0.493 e. The van der Waals surface area contributed by atoms with E-state index in [0.717, 1.165) is 41.8 Å². The molecule has 2 aromatic carbocycles. The van der Waals surface area contributed by atoms with Gasteiger partial charge in [0.1, 0.15) is 11.5 Å². The number of fused-ring (bicyclic) bond motifs is 2. The predicted molar refractivity (Wildman–Crippen MR) is 104 cm³/mol. The van der Waals surface area contributed by atoms with Gasteiger partial charge < -0.3 is 14.8 Å². The summed E-state index contributed by atoms with van der Waals surface area (Å²) in [7, 11) is 0. The summed E-state index contributed by atoms with van der Waals surface area (Å²) in [6, 6.07) is 12.4. The Hall–Kier alpha value is -2.67. The summed E-state index contributed by atoms with van der Waals surface area (Å²) in [5, 5.41) is 3.15. The SMILES string of the molecule is C[C@@H](C(=O)N[C@@H]1CCOc2ccccc21)N1CCc2ccc(OC(F)F)cc2C1. The van der Waals surface area contributed by atoms with E-state index in [4.69, 9.17) is 4.74 Å². The molecule has 2 aromatic rings. The van der Waals surface area contributed by atoms with Crippen molar-refractivity contribution in [2.75, 3.05) is 13.2 Å². The van der Waals surface area contributed by atoms with Crippen LogP contribution in [0.25, 0.3) is 0 Å². The Morgan fingerprint density at radius 1 is 1.24 bits per heavy atom. The van der Waals surface area contributed by atoms with E-state index in [-0.39, 0.29) is 23.7 Å². The minimum atomic E-state index is -2.85. The molecule has 7 heteroatoms. The maximum atomic E-state index is 12.9. The van der Waals surface area contributed by atoms with Gasteiger partial charge in [-0.3, -0.25) is 9.69 Å². The third kappa shape index (κ3) is 4.34. The van der Waals surface area contributed by atoms with E-state index >= 15 is 0 Å². The van der Waals surface area contributed by atoms with Crippen molar-refractivity contribution in [2.24, 2.45) is 0 Å². The Morgan fingerprint density at radius 3 is 2.90 bits per heavy atom. The molecule has 2 heterocycles. The fraction of sp³-hybridized carbons (Fsp3) is 0.409. The highest BCUT2D eigenvalue weighted by Gasteiger charge is 2.29. The van der Waals surface area contributed by atoms with Crippen LogP contribution in [0.5, 0.6) is 11.5 Å². The zero-order chi connectivity index (χ0) is 20.4. The molecule has 1 N–H and O–H groups in total. The van der Waals surface area contributed by atoms with Crippen molar-refractivity contribution in [3.8, 4) is 11.5 Å². The number of alkyl halides is 2. The number of carbonyl (C=O) groups excluding carboxylic acids is 1. The van der Waals surface area contributed by atoms with Crippen LogP contribution in [0.15, 0.2) is 42.5 Å². The van der Waals surface area contributed by atoms with Crippen LogP contribution >= 0.6 is 0 Å². The second-order valence-electron chi connectivity index (χ2n) is 7.44. The number of nitrogens with zero attached hydrogens (tertiary/aromatic N) is 1. The summed E-state index contributed by atoms with van der Waals surface area (Å²) >= 11 is 0. The third-order valence-corrected chi connectivity index (χ3v) is 5.65. The summed E-state index contributed by atoms with van der Waals surface area (Å²) in [4.78, 5) is 15.0. The Labute approximate surface area is 168 Å². The van der Waals surface area contributed by atoms with Crippen LogP contribution in [0.3, 0.4) is 0 Å². The van der Waals surface area contributed by atoms with E-state index in [1.165, 1.54) is 0 Å². The number of benzene rings is 2. The maximum Gasteiger partial charge on any atom is 0.387 e. The first-order chi connectivity index (χ1) is 14.0. The first-order valence-electron chi connectivity index (χ1n) is 9.84. The summed E-state index contributed by atoms with van der Waals surface area (Å²) in [5.41, 5.74) is 3.02. The molecule has 0 fully saturated rings. The number of rotatable bonds is 5. The average Bonchev–Trinajstić information content (AvgIpc) is 2.72. The van der Waals surface area contributed by atoms with E-state index in [1.807, 2.05) is 37.3 Å². The Morgan fingerprint density at radius 2 is 2.07 bits per heavy atom. The van der Waals surface area contributed by atoms with E-state index in [0.29, 0.717) is 13.2 Å². The Balaban J connectivity index is 1.43. The number of amides is 1. The van der Waals surface area contributed by atoms with Gasteiger partial charge in [0, 0.05) is 25.1 Å². The molecule has 29 heavy (non-hydrogen) atoms. The van der Waals surface area contributed by atoms with Gasteiger partial charge in [0.15, 0.2) is 0 Å². The van der Waals surface area contributed by atoms with Crippen molar-refractivity contribution < 1.29 is 23.0 Å². The van der Waals surface area contributed by atoms with Gasteiger partial charge in [-0.1, -0.05) is 24.3 Å². The molecule has 2 atom stereocenters. The van der Waals surface area contributed by atoms with Crippen LogP contribution in [0.4, 0.5) is 8.78 Å². The van der Waals surface area contributed by atoms with Crippen LogP contribution in [-0.4, -0.2) is 36.6 Å². The summed E-state index contributed by atoms with van der Waals surface area (Å²) in [6.07, 6.45) is 1.49. The van der Waals surface area contributed by atoms with Crippen molar-refractivity contribution in [3.63, 3.8) is 0 Å². The monoisotopic (exact) mass is 402 g/mol. The van der Waals surface area contributed by atoms with E-state index in [1.54, 1.807) is 12.1 Å². The smallest absolute Gasteiger partial charge is 0.387 e. The summed E-state index contributed by atoms with van der Waals surface area (Å²) in [5.74, 6) is 0.918. The van der Waals surface area contributed by atoms with Gasteiger partial charge in [0.05, 0.1) is 18.7 Å². The lowest BCUT2D eigenvalue weighted by molar-refractivity contribution is -0.127. The molecule has 1 amide bonds. The first kappa shape index (κ1) is 19.6. The van der Waals surface area contributed by atoms with Crippen molar-refractivity contribution in [3.05, 3.63) is 59.2 Å². The van der Waals surface area contributed by atoms with Crippen molar-refractivity contribution in [1.29, 1.82) is 0 Å². The molecule has 2 aliphatic heterocycles. The van der Waals surface area contributed by atoms with E-state index in [2.05, 4.69) is 15.0 Å². The summed E-state index contributed by atoms with van der Waals surface area (Å²) in [6.45, 7) is 0.862. The van der Waals surface area contributed by atoms with Gasteiger partial charge in [-0.2, -0.15) is 8.78 Å². The quantitative estimate of drug-likeness (QED) is 0.829. The lowest BCUT2D eigenvalue weighted by Crippen LogP contribution is -2.48. The molecule has 5 nitrogen and oxygen atoms in total. The van der Waals surface area contributed by atoms with E-state index in [9.17, 15) is 13.6 Å². The lowest BCUT2D eigenvalue weighted by Gasteiger charge is -2.34. The van der Waals surface area contributed by atoms with Crippen molar-refractivity contribution in [1.82, 2.24) is 10.2 Å². The molecule has 0 bridgehead atoms.